The van der Waals surface area contributed by atoms with Gasteiger partial charge in [0.15, 0.2) is 0 Å². The second-order valence-electron chi connectivity index (χ2n) is 3.33. The number of hydrogen-bond acceptors (Lipinski definition) is 2. The smallest absolute Gasteiger partial charge is 0.134 e. The molecule has 0 atom stereocenters. The average Bonchev–Trinajstić information content (AvgIpc) is 2.27. The molecule has 0 amide bonds. The number of aryl methyl sites for hydroxylation is 1. The monoisotopic (exact) mass is 237 g/mol. The third-order valence-electron chi connectivity index (χ3n) is 2.06. The number of halogens is 2. The minimum Gasteiger partial charge on any atom is -0.457 e. The van der Waals surface area contributed by atoms with E-state index in [9.17, 15) is 4.39 Å². The van der Waals surface area contributed by atoms with Crippen molar-refractivity contribution in [1.82, 2.24) is 4.98 Å². The molecule has 0 unspecified atom stereocenters. The Morgan fingerprint density at radius 1 is 1.25 bits per heavy atom. The van der Waals surface area contributed by atoms with Crippen molar-refractivity contribution in [2.45, 2.75) is 6.92 Å². The quantitative estimate of drug-likeness (QED) is 0.738. The minimum atomic E-state index is -0.295. The number of rotatable bonds is 2. The van der Waals surface area contributed by atoms with Gasteiger partial charge in [-0.05, 0) is 31.2 Å². The van der Waals surface area contributed by atoms with Crippen molar-refractivity contribution in [3.63, 3.8) is 0 Å². The first-order valence-electron chi connectivity index (χ1n) is 4.71. The van der Waals surface area contributed by atoms with Crippen molar-refractivity contribution >= 4 is 11.6 Å². The Hall–Kier alpha value is -1.61. The maximum Gasteiger partial charge on any atom is 0.134 e. The Bertz CT molecular complexity index is 499. The first-order chi connectivity index (χ1) is 7.65. The summed E-state index contributed by atoms with van der Waals surface area (Å²) in [6.45, 7) is 1.86. The first kappa shape index (κ1) is 10.9. The van der Waals surface area contributed by atoms with Crippen molar-refractivity contribution < 1.29 is 9.13 Å². The number of benzene rings is 1. The summed E-state index contributed by atoms with van der Waals surface area (Å²) >= 11 is 5.76. The van der Waals surface area contributed by atoms with E-state index in [1.807, 2.05) is 6.92 Å². The molecule has 0 spiro atoms. The van der Waals surface area contributed by atoms with Gasteiger partial charge in [-0.15, -0.1) is 0 Å². The number of pyridine rings is 1. The summed E-state index contributed by atoms with van der Waals surface area (Å²) in [5.41, 5.74) is 0.869. The van der Waals surface area contributed by atoms with Crippen LogP contribution in [0.4, 0.5) is 4.39 Å². The normalized spacial score (nSPS) is 10.2. The second kappa shape index (κ2) is 4.49. The van der Waals surface area contributed by atoms with E-state index in [0.29, 0.717) is 16.7 Å². The van der Waals surface area contributed by atoms with Crippen LogP contribution in [0.5, 0.6) is 11.5 Å². The highest BCUT2D eigenvalue weighted by Gasteiger charge is 2.03. The molecule has 0 bridgehead atoms. The predicted molar refractivity (Wildman–Crippen MR) is 60.5 cm³/mol. The van der Waals surface area contributed by atoms with E-state index in [4.69, 9.17) is 16.3 Å². The first-order valence-corrected chi connectivity index (χ1v) is 5.08. The highest BCUT2D eigenvalue weighted by Crippen LogP contribution is 2.26. The molecule has 0 aliphatic rings. The molecule has 0 saturated carbocycles. The van der Waals surface area contributed by atoms with Gasteiger partial charge in [0.05, 0.1) is 0 Å². The van der Waals surface area contributed by atoms with Gasteiger partial charge in [-0.25, -0.2) is 9.37 Å². The van der Waals surface area contributed by atoms with Crippen LogP contribution >= 0.6 is 11.6 Å². The van der Waals surface area contributed by atoms with Crippen molar-refractivity contribution in [1.29, 1.82) is 0 Å². The molecule has 0 radical (unpaired) electrons. The lowest BCUT2D eigenvalue weighted by atomic mass is 10.3. The van der Waals surface area contributed by atoms with E-state index < -0.39 is 0 Å². The van der Waals surface area contributed by atoms with E-state index in [1.165, 1.54) is 12.1 Å². The van der Waals surface area contributed by atoms with Gasteiger partial charge < -0.3 is 4.74 Å². The van der Waals surface area contributed by atoms with Crippen LogP contribution in [-0.2, 0) is 0 Å². The summed E-state index contributed by atoms with van der Waals surface area (Å²) in [7, 11) is 0. The fourth-order valence-electron chi connectivity index (χ4n) is 1.22. The number of ether oxygens (including phenoxy) is 1. The van der Waals surface area contributed by atoms with Crippen molar-refractivity contribution in [2.24, 2.45) is 0 Å². The van der Waals surface area contributed by atoms with Gasteiger partial charge in [0.1, 0.15) is 22.5 Å². The summed E-state index contributed by atoms with van der Waals surface area (Å²) in [5.74, 6) is 0.884. The molecule has 1 aromatic heterocycles. The summed E-state index contributed by atoms with van der Waals surface area (Å²) in [6, 6.07) is 7.42. The fourth-order valence-corrected chi connectivity index (χ4v) is 1.37. The zero-order valence-corrected chi connectivity index (χ0v) is 9.33. The van der Waals surface area contributed by atoms with Crippen LogP contribution in [0.1, 0.15) is 5.56 Å². The van der Waals surface area contributed by atoms with Crippen molar-refractivity contribution in [2.75, 3.05) is 0 Å². The summed E-state index contributed by atoms with van der Waals surface area (Å²) in [5, 5.41) is 0.364. The Balaban J connectivity index is 2.26. The van der Waals surface area contributed by atoms with Crippen LogP contribution < -0.4 is 4.74 Å². The van der Waals surface area contributed by atoms with Crippen LogP contribution in [0, 0.1) is 12.7 Å². The zero-order valence-electron chi connectivity index (χ0n) is 8.58. The molecule has 2 rings (SSSR count). The molecule has 0 aliphatic carbocycles. The summed E-state index contributed by atoms with van der Waals surface area (Å²) in [6.07, 6.45) is 1.63. The Labute approximate surface area is 97.7 Å². The van der Waals surface area contributed by atoms with E-state index >= 15 is 0 Å². The molecule has 2 nitrogen and oxygen atoms in total. The van der Waals surface area contributed by atoms with E-state index in [2.05, 4.69) is 4.98 Å². The topological polar surface area (TPSA) is 22.1 Å². The maximum atomic E-state index is 12.7. The van der Waals surface area contributed by atoms with Gasteiger partial charge in [-0.2, -0.15) is 0 Å². The Morgan fingerprint density at radius 2 is 1.94 bits per heavy atom. The molecule has 16 heavy (non-hydrogen) atoms. The maximum absolute atomic E-state index is 12.7. The molecular weight excluding hydrogens is 229 g/mol. The van der Waals surface area contributed by atoms with Gasteiger partial charge in [0.2, 0.25) is 0 Å². The lowest BCUT2D eigenvalue weighted by Gasteiger charge is -2.08. The van der Waals surface area contributed by atoms with Gasteiger partial charge in [-0.3, -0.25) is 0 Å². The SMILES string of the molecule is Cc1cnc(Cl)cc1Oc1ccc(F)cc1. The molecule has 0 saturated heterocycles. The number of nitrogens with zero attached hydrogens (tertiary/aromatic N) is 1. The third kappa shape index (κ3) is 2.49. The second-order valence-corrected chi connectivity index (χ2v) is 3.72. The molecule has 1 aromatic carbocycles. The van der Waals surface area contributed by atoms with Crippen molar-refractivity contribution in [3.05, 3.63) is 53.1 Å². The molecule has 2 aromatic rings. The Morgan fingerprint density at radius 3 is 2.62 bits per heavy atom. The highest BCUT2D eigenvalue weighted by atomic mass is 35.5. The van der Waals surface area contributed by atoms with E-state index in [1.54, 1.807) is 24.4 Å². The van der Waals surface area contributed by atoms with E-state index in [-0.39, 0.29) is 5.82 Å². The molecule has 0 fully saturated rings. The van der Waals surface area contributed by atoms with E-state index in [0.717, 1.165) is 5.56 Å². The van der Waals surface area contributed by atoms with Gasteiger partial charge in [-0.1, -0.05) is 11.6 Å². The van der Waals surface area contributed by atoms with Crippen LogP contribution in [0.15, 0.2) is 36.5 Å². The van der Waals surface area contributed by atoms with Gasteiger partial charge >= 0.3 is 0 Å². The average molecular weight is 238 g/mol. The largest absolute Gasteiger partial charge is 0.457 e. The molecule has 0 N–H and O–H groups in total. The molecular formula is C12H9ClFNO. The van der Waals surface area contributed by atoms with Gasteiger partial charge in [0.25, 0.3) is 0 Å². The fraction of sp³-hybridized carbons (Fsp3) is 0.0833. The summed E-state index contributed by atoms with van der Waals surface area (Å²) in [4.78, 5) is 3.92. The third-order valence-corrected chi connectivity index (χ3v) is 2.27. The standard InChI is InChI=1S/C12H9ClFNO/c1-8-7-15-12(13)6-11(8)16-10-4-2-9(14)3-5-10/h2-7H,1H3. The highest BCUT2D eigenvalue weighted by molar-refractivity contribution is 6.29. The predicted octanol–water partition coefficient (Wildman–Crippen LogP) is 3.97. The number of hydrogen-bond donors (Lipinski definition) is 0. The lowest BCUT2D eigenvalue weighted by molar-refractivity contribution is 0.476. The van der Waals surface area contributed by atoms with Crippen LogP contribution in [0.25, 0.3) is 0 Å². The van der Waals surface area contributed by atoms with Crippen molar-refractivity contribution in [3.8, 4) is 11.5 Å². The van der Waals surface area contributed by atoms with Crippen LogP contribution in [0.2, 0.25) is 5.15 Å². The zero-order chi connectivity index (χ0) is 11.5. The summed E-state index contributed by atoms with van der Waals surface area (Å²) < 4.78 is 18.2. The van der Waals surface area contributed by atoms with Crippen LogP contribution in [0.3, 0.4) is 0 Å². The number of aromatic nitrogens is 1. The minimum absolute atomic E-state index is 0.295. The molecule has 4 heteroatoms. The molecule has 82 valence electrons. The lowest BCUT2D eigenvalue weighted by Crippen LogP contribution is -1.89. The van der Waals surface area contributed by atoms with Gasteiger partial charge in [0, 0.05) is 17.8 Å². The Kier molecular flexibility index (Phi) is 3.06. The van der Waals surface area contributed by atoms with Crippen LogP contribution in [-0.4, -0.2) is 4.98 Å². The molecule has 0 aliphatic heterocycles. The molecule has 1 heterocycles.